The smallest absolute Gasteiger partial charge is 0.134 e. The van der Waals surface area contributed by atoms with Gasteiger partial charge < -0.3 is 4.74 Å². The molecule has 3 heteroatoms. The molecule has 0 bridgehead atoms. The van der Waals surface area contributed by atoms with Gasteiger partial charge in [0, 0.05) is 11.6 Å². The second-order valence-corrected chi connectivity index (χ2v) is 3.20. The molecule has 1 fully saturated rings. The lowest BCUT2D eigenvalue weighted by Crippen LogP contribution is -2.13. The summed E-state index contributed by atoms with van der Waals surface area (Å²) in [6.45, 7) is 1.69. The molecule has 1 aromatic rings. The van der Waals surface area contributed by atoms with Gasteiger partial charge in [-0.2, -0.15) is 0 Å². The molecule has 0 spiro atoms. The van der Waals surface area contributed by atoms with Gasteiger partial charge in [0.1, 0.15) is 6.23 Å². The Hall–Kier alpha value is -0.570. The Morgan fingerprint density at radius 2 is 2.42 bits per heavy atom. The Kier molecular flexibility index (Phi) is 2.30. The van der Waals surface area contributed by atoms with Crippen molar-refractivity contribution in [1.82, 2.24) is 5.32 Å². The van der Waals surface area contributed by atoms with Crippen molar-refractivity contribution in [2.45, 2.75) is 6.23 Å². The van der Waals surface area contributed by atoms with E-state index >= 15 is 0 Å². The minimum atomic E-state index is 0.0312. The van der Waals surface area contributed by atoms with E-state index in [4.69, 9.17) is 16.3 Å². The fourth-order valence-corrected chi connectivity index (χ4v) is 1.51. The van der Waals surface area contributed by atoms with E-state index in [9.17, 15) is 0 Å². The van der Waals surface area contributed by atoms with Gasteiger partial charge in [-0.05, 0) is 17.7 Å². The van der Waals surface area contributed by atoms with Crippen LogP contribution in [0.15, 0.2) is 24.3 Å². The van der Waals surface area contributed by atoms with Crippen molar-refractivity contribution in [3.05, 3.63) is 34.9 Å². The Bertz CT molecular complexity index is 271. The highest BCUT2D eigenvalue weighted by Crippen LogP contribution is 2.20. The zero-order valence-corrected chi connectivity index (χ0v) is 7.34. The number of hydrogen-bond acceptors (Lipinski definition) is 2. The number of benzene rings is 1. The summed E-state index contributed by atoms with van der Waals surface area (Å²) < 4.78 is 5.42. The molecule has 1 N–H and O–H groups in total. The summed E-state index contributed by atoms with van der Waals surface area (Å²) in [5.41, 5.74) is 1.10. The molecule has 2 rings (SSSR count). The second-order valence-electron chi connectivity index (χ2n) is 2.76. The summed E-state index contributed by atoms with van der Waals surface area (Å²) >= 11 is 5.84. The van der Waals surface area contributed by atoms with Crippen LogP contribution in [-0.4, -0.2) is 13.2 Å². The van der Waals surface area contributed by atoms with Gasteiger partial charge in [-0.3, -0.25) is 5.32 Å². The average molecular weight is 184 g/mol. The van der Waals surface area contributed by atoms with Crippen molar-refractivity contribution in [1.29, 1.82) is 0 Å². The predicted octanol–water partition coefficient (Wildman–Crippen LogP) is 1.96. The Labute approximate surface area is 76.5 Å². The van der Waals surface area contributed by atoms with Crippen molar-refractivity contribution in [3.8, 4) is 0 Å². The van der Waals surface area contributed by atoms with Crippen LogP contribution >= 0.6 is 11.6 Å². The van der Waals surface area contributed by atoms with Gasteiger partial charge in [-0.15, -0.1) is 0 Å². The lowest BCUT2D eigenvalue weighted by Gasteiger charge is -2.09. The van der Waals surface area contributed by atoms with Gasteiger partial charge in [0.15, 0.2) is 0 Å². The minimum absolute atomic E-state index is 0.0312. The maximum absolute atomic E-state index is 5.84. The molecule has 0 aromatic heterocycles. The first kappa shape index (κ1) is 8.05. The van der Waals surface area contributed by atoms with Crippen molar-refractivity contribution in [3.63, 3.8) is 0 Å². The highest BCUT2D eigenvalue weighted by molar-refractivity contribution is 6.30. The SMILES string of the molecule is Clc1cccc([C@@H]2NCCO2)c1. The maximum Gasteiger partial charge on any atom is 0.134 e. The number of rotatable bonds is 1. The molecular formula is C9H10ClNO. The minimum Gasteiger partial charge on any atom is -0.358 e. The first-order chi connectivity index (χ1) is 5.86. The van der Waals surface area contributed by atoms with Crippen LogP contribution in [0.2, 0.25) is 5.02 Å². The summed E-state index contributed by atoms with van der Waals surface area (Å²) in [7, 11) is 0. The zero-order chi connectivity index (χ0) is 8.39. The van der Waals surface area contributed by atoms with E-state index in [-0.39, 0.29) is 6.23 Å². The standard InChI is InChI=1S/C9H10ClNO/c10-8-3-1-2-7(6-8)9-11-4-5-12-9/h1-3,6,9,11H,4-5H2/t9-/m1/s1. The molecular weight excluding hydrogens is 174 g/mol. The number of hydrogen-bond donors (Lipinski definition) is 1. The van der Waals surface area contributed by atoms with Crippen molar-refractivity contribution >= 4 is 11.6 Å². The van der Waals surface area contributed by atoms with E-state index in [1.165, 1.54) is 0 Å². The topological polar surface area (TPSA) is 21.3 Å². The molecule has 1 aromatic carbocycles. The van der Waals surface area contributed by atoms with Crippen molar-refractivity contribution < 1.29 is 4.74 Å². The normalized spacial score (nSPS) is 22.9. The summed E-state index contributed by atoms with van der Waals surface area (Å²) in [6.07, 6.45) is 0.0312. The summed E-state index contributed by atoms with van der Waals surface area (Å²) in [5, 5.41) is 3.97. The van der Waals surface area contributed by atoms with Gasteiger partial charge in [0.05, 0.1) is 6.61 Å². The van der Waals surface area contributed by atoms with Gasteiger partial charge >= 0.3 is 0 Å². The molecule has 64 valence electrons. The van der Waals surface area contributed by atoms with Crippen LogP contribution in [0.1, 0.15) is 11.8 Å². The monoisotopic (exact) mass is 183 g/mol. The first-order valence-corrected chi connectivity index (χ1v) is 4.34. The van der Waals surface area contributed by atoms with E-state index in [0.717, 1.165) is 23.7 Å². The third kappa shape index (κ3) is 1.61. The molecule has 0 amide bonds. The van der Waals surface area contributed by atoms with Crippen molar-refractivity contribution in [2.24, 2.45) is 0 Å². The van der Waals surface area contributed by atoms with Gasteiger partial charge in [0.25, 0.3) is 0 Å². The number of halogens is 1. The average Bonchev–Trinajstić information content (AvgIpc) is 2.56. The third-order valence-electron chi connectivity index (χ3n) is 1.87. The van der Waals surface area contributed by atoms with Gasteiger partial charge in [-0.25, -0.2) is 0 Å². The molecule has 1 aliphatic heterocycles. The Morgan fingerprint density at radius 1 is 1.50 bits per heavy atom. The fourth-order valence-electron chi connectivity index (χ4n) is 1.31. The van der Waals surface area contributed by atoms with Crippen LogP contribution in [-0.2, 0) is 4.74 Å². The lowest BCUT2D eigenvalue weighted by molar-refractivity contribution is 0.102. The maximum atomic E-state index is 5.84. The van der Waals surface area contributed by atoms with Crippen LogP contribution < -0.4 is 5.32 Å². The van der Waals surface area contributed by atoms with Gasteiger partial charge in [0.2, 0.25) is 0 Å². The molecule has 1 heterocycles. The highest BCUT2D eigenvalue weighted by Gasteiger charge is 2.15. The molecule has 0 radical (unpaired) electrons. The van der Waals surface area contributed by atoms with Crippen molar-refractivity contribution in [2.75, 3.05) is 13.2 Å². The molecule has 1 aliphatic rings. The molecule has 0 aliphatic carbocycles. The van der Waals surface area contributed by atoms with E-state index in [1.807, 2.05) is 24.3 Å². The van der Waals surface area contributed by atoms with Crippen LogP contribution in [0.4, 0.5) is 0 Å². The largest absolute Gasteiger partial charge is 0.358 e. The Morgan fingerprint density at radius 3 is 3.08 bits per heavy atom. The van der Waals surface area contributed by atoms with E-state index in [0.29, 0.717) is 0 Å². The van der Waals surface area contributed by atoms with Crippen LogP contribution in [0.5, 0.6) is 0 Å². The van der Waals surface area contributed by atoms with Gasteiger partial charge in [-0.1, -0.05) is 23.7 Å². The second kappa shape index (κ2) is 3.44. The lowest BCUT2D eigenvalue weighted by atomic mass is 10.2. The first-order valence-electron chi connectivity index (χ1n) is 3.97. The van der Waals surface area contributed by atoms with Crippen LogP contribution in [0, 0.1) is 0 Å². The summed E-state index contributed by atoms with van der Waals surface area (Å²) in [5.74, 6) is 0. The zero-order valence-electron chi connectivity index (χ0n) is 6.59. The number of ether oxygens (including phenoxy) is 1. The highest BCUT2D eigenvalue weighted by atomic mass is 35.5. The summed E-state index contributed by atoms with van der Waals surface area (Å²) in [6, 6.07) is 7.72. The molecule has 1 saturated heterocycles. The van der Waals surface area contributed by atoms with E-state index in [1.54, 1.807) is 0 Å². The molecule has 0 unspecified atom stereocenters. The fraction of sp³-hybridized carbons (Fsp3) is 0.333. The molecule has 12 heavy (non-hydrogen) atoms. The molecule has 2 nitrogen and oxygen atoms in total. The van der Waals surface area contributed by atoms with Crippen LogP contribution in [0.3, 0.4) is 0 Å². The molecule has 0 saturated carbocycles. The number of nitrogens with one attached hydrogen (secondary N) is 1. The van der Waals surface area contributed by atoms with Crippen LogP contribution in [0.25, 0.3) is 0 Å². The quantitative estimate of drug-likeness (QED) is 0.719. The Balaban J connectivity index is 2.21. The van der Waals surface area contributed by atoms with E-state index < -0.39 is 0 Å². The van der Waals surface area contributed by atoms with E-state index in [2.05, 4.69) is 5.32 Å². The third-order valence-corrected chi connectivity index (χ3v) is 2.10. The predicted molar refractivity (Wildman–Crippen MR) is 48.1 cm³/mol. The summed E-state index contributed by atoms with van der Waals surface area (Å²) in [4.78, 5) is 0. The molecule has 1 atom stereocenters.